The van der Waals surface area contributed by atoms with E-state index in [1.807, 2.05) is 19.1 Å². The van der Waals surface area contributed by atoms with E-state index in [0.29, 0.717) is 17.5 Å². The van der Waals surface area contributed by atoms with Crippen LogP contribution >= 0.6 is 0 Å². The Morgan fingerprint density at radius 2 is 2.11 bits per heavy atom. The number of nitrogens with zero attached hydrogens (tertiary/aromatic N) is 2. The van der Waals surface area contributed by atoms with Gasteiger partial charge in [-0.3, -0.25) is 4.79 Å². The van der Waals surface area contributed by atoms with E-state index in [1.165, 1.54) is 13.3 Å². The van der Waals surface area contributed by atoms with Gasteiger partial charge in [0.15, 0.2) is 5.88 Å². The van der Waals surface area contributed by atoms with Crippen LogP contribution < -0.4 is 10.6 Å². The SMILES string of the molecule is CC(=O)CNc1cc(Nc2ccc(C)o2)ncn1. The molecule has 0 aliphatic rings. The second-order valence-electron chi connectivity index (χ2n) is 3.88. The second kappa shape index (κ2) is 5.31. The van der Waals surface area contributed by atoms with E-state index in [4.69, 9.17) is 4.42 Å². The first kappa shape index (κ1) is 12.1. The zero-order valence-corrected chi connectivity index (χ0v) is 10.2. The lowest BCUT2D eigenvalue weighted by molar-refractivity contribution is -0.115. The van der Waals surface area contributed by atoms with E-state index in [-0.39, 0.29) is 12.3 Å². The number of aromatic nitrogens is 2. The molecule has 2 aromatic rings. The Labute approximate surface area is 104 Å². The summed E-state index contributed by atoms with van der Waals surface area (Å²) in [6.07, 6.45) is 1.42. The number of aryl methyl sites for hydroxylation is 1. The highest BCUT2D eigenvalue weighted by molar-refractivity contribution is 5.80. The molecule has 0 saturated carbocycles. The summed E-state index contributed by atoms with van der Waals surface area (Å²) in [5.41, 5.74) is 0. The number of carbonyl (C=O) groups excluding carboxylic acids is 1. The van der Waals surface area contributed by atoms with Crippen molar-refractivity contribution >= 4 is 23.3 Å². The summed E-state index contributed by atoms with van der Waals surface area (Å²) in [6, 6.07) is 5.39. The van der Waals surface area contributed by atoms with Gasteiger partial charge >= 0.3 is 0 Å². The Morgan fingerprint density at radius 3 is 2.78 bits per heavy atom. The van der Waals surface area contributed by atoms with E-state index in [2.05, 4.69) is 20.6 Å². The normalized spacial score (nSPS) is 10.1. The van der Waals surface area contributed by atoms with E-state index in [0.717, 1.165) is 5.76 Å². The van der Waals surface area contributed by atoms with Crippen molar-refractivity contribution in [1.82, 2.24) is 9.97 Å². The molecule has 94 valence electrons. The largest absolute Gasteiger partial charge is 0.446 e. The van der Waals surface area contributed by atoms with Crippen molar-refractivity contribution in [2.75, 3.05) is 17.2 Å². The topological polar surface area (TPSA) is 80.0 Å². The quantitative estimate of drug-likeness (QED) is 0.841. The number of rotatable bonds is 5. The number of carbonyl (C=O) groups is 1. The molecule has 0 spiro atoms. The second-order valence-corrected chi connectivity index (χ2v) is 3.88. The van der Waals surface area contributed by atoms with Crippen molar-refractivity contribution in [2.45, 2.75) is 13.8 Å². The van der Waals surface area contributed by atoms with E-state index in [9.17, 15) is 4.79 Å². The molecule has 18 heavy (non-hydrogen) atoms. The molecular formula is C12H14N4O2. The molecule has 0 unspecified atom stereocenters. The van der Waals surface area contributed by atoms with Gasteiger partial charge in [-0.2, -0.15) is 0 Å². The van der Waals surface area contributed by atoms with E-state index < -0.39 is 0 Å². The van der Waals surface area contributed by atoms with Crippen molar-refractivity contribution < 1.29 is 9.21 Å². The fraction of sp³-hybridized carbons (Fsp3) is 0.250. The van der Waals surface area contributed by atoms with Crippen molar-refractivity contribution in [3.8, 4) is 0 Å². The maximum atomic E-state index is 10.9. The third-order valence-electron chi connectivity index (χ3n) is 2.18. The molecular weight excluding hydrogens is 232 g/mol. The van der Waals surface area contributed by atoms with Crippen molar-refractivity contribution in [1.29, 1.82) is 0 Å². The van der Waals surface area contributed by atoms with Crippen LogP contribution in [0, 0.1) is 6.92 Å². The van der Waals surface area contributed by atoms with Crippen LogP contribution in [0.1, 0.15) is 12.7 Å². The van der Waals surface area contributed by atoms with Gasteiger partial charge in [0.05, 0.1) is 6.54 Å². The summed E-state index contributed by atoms with van der Waals surface area (Å²) in [7, 11) is 0. The predicted molar refractivity (Wildman–Crippen MR) is 67.9 cm³/mol. The Kier molecular flexibility index (Phi) is 3.57. The minimum Gasteiger partial charge on any atom is -0.446 e. The van der Waals surface area contributed by atoms with Crippen LogP contribution in [0.2, 0.25) is 0 Å². The van der Waals surface area contributed by atoms with Gasteiger partial charge in [0.25, 0.3) is 0 Å². The van der Waals surface area contributed by atoms with E-state index >= 15 is 0 Å². The Hall–Kier alpha value is -2.37. The Morgan fingerprint density at radius 1 is 1.33 bits per heavy atom. The molecule has 0 aromatic carbocycles. The smallest absolute Gasteiger partial charge is 0.198 e. The zero-order chi connectivity index (χ0) is 13.0. The first-order valence-corrected chi connectivity index (χ1v) is 5.52. The van der Waals surface area contributed by atoms with Gasteiger partial charge in [-0.15, -0.1) is 0 Å². The number of furan rings is 1. The summed E-state index contributed by atoms with van der Waals surface area (Å²) in [5, 5.41) is 5.91. The number of Topliss-reactive ketones (excluding diaryl/α,β-unsaturated/α-hetero) is 1. The lowest BCUT2D eigenvalue weighted by atomic mass is 10.4. The number of anilines is 3. The highest BCUT2D eigenvalue weighted by Gasteiger charge is 2.02. The van der Waals surface area contributed by atoms with Gasteiger partial charge in [-0.05, 0) is 19.9 Å². The summed E-state index contributed by atoms with van der Waals surface area (Å²) in [6.45, 7) is 3.63. The van der Waals surface area contributed by atoms with E-state index in [1.54, 1.807) is 6.07 Å². The molecule has 0 aliphatic carbocycles. The lowest BCUT2D eigenvalue weighted by Crippen LogP contribution is -2.11. The molecule has 6 heteroatoms. The number of hydrogen-bond donors (Lipinski definition) is 2. The van der Waals surface area contributed by atoms with Crippen molar-refractivity contribution in [3.63, 3.8) is 0 Å². The minimum atomic E-state index is 0.0461. The first-order chi connectivity index (χ1) is 8.63. The number of hydrogen-bond acceptors (Lipinski definition) is 6. The van der Waals surface area contributed by atoms with Crippen LogP contribution in [0.25, 0.3) is 0 Å². The van der Waals surface area contributed by atoms with Gasteiger partial charge in [0.1, 0.15) is 29.5 Å². The van der Waals surface area contributed by atoms with Crippen LogP contribution in [-0.4, -0.2) is 22.3 Å². The van der Waals surface area contributed by atoms with Crippen LogP contribution in [0.15, 0.2) is 28.9 Å². The molecule has 2 N–H and O–H groups in total. The molecule has 6 nitrogen and oxygen atoms in total. The van der Waals surface area contributed by atoms with Gasteiger partial charge in [-0.25, -0.2) is 9.97 Å². The molecule has 2 heterocycles. The van der Waals surface area contributed by atoms with Gasteiger partial charge in [0.2, 0.25) is 0 Å². The fourth-order valence-corrected chi connectivity index (χ4v) is 1.37. The lowest BCUT2D eigenvalue weighted by Gasteiger charge is -2.05. The number of ketones is 1. The van der Waals surface area contributed by atoms with Crippen LogP contribution in [0.4, 0.5) is 17.5 Å². The highest BCUT2D eigenvalue weighted by Crippen LogP contribution is 2.18. The number of nitrogens with one attached hydrogen (secondary N) is 2. The van der Waals surface area contributed by atoms with Crippen LogP contribution in [0.5, 0.6) is 0 Å². The minimum absolute atomic E-state index is 0.0461. The zero-order valence-electron chi connectivity index (χ0n) is 10.2. The third-order valence-corrected chi connectivity index (χ3v) is 2.18. The fourth-order valence-electron chi connectivity index (χ4n) is 1.37. The summed E-state index contributed by atoms with van der Waals surface area (Å²) < 4.78 is 5.38. The van der Waals surface area contributed by atoms with Crippen molar-refractivity contribution in [3.05, 3.63) is 30.3 Å². The molecule has 0 radical (unpaired) electrons. The predicted octanol–water partition coefficient (Wildman–Crippen LogP) is 2.12. The molecule has 0 amide bonds. The average Bonchev–Trinajstić information content (AvgIpc) is 2.73. The molecule has 0 aliphatic heterocycles. The monoisotopic (exact) mass is 246 g/mol. The van der Waals surface area contributed by atoms with Crippen LogP contribution in [0.3, 0.4) is 0 Å². The molecule has 0 fully saturated rings. The molecule has 0 bridgehead atoms. The standard InChI is InChI=1S/C12H14N4O2/c1-8(17)6-13-10-5-11(15-7-14-10)16-12-4-3-9(2)18-12/h3-5,7H,6H2,1-2H3,(H2,13,14,15,16). The molecule has 2 rings (SSSR count). The first-order valence-electron chi connectivity index (χ1n) is 5.52. The van der Waals surface area contributed by atoms with Crippen molar-refractivity contribution in [2.24, 2.45) is 0 Å². The van der Waals surface area contributed by atoms with Gasteiger partial charge < -0.3 is 15.1 Å². The Bertz CT molecular complexity index is 551. The van der Waals surface area contributed by atoms with Gasteiger partial charge in [-0.1, -0.05) is 0 Å². The summed E-state index contributed by atoms with van der Waals surface area (Å²) in [5.74, 6) is 2.67. The highest BCUT2D eigenvalue weighted by atomic mass is 16.4. The molecule has 0 saturated heterocycles. The Balaban J connectivity index is 2.05. The molecule has 2 aromatic heterocycles. The average molecular weight is 246 g/mol. The van der Waals surface area contributed by atoms with Gasteiger partial charge in [0, 0.05) is 12.1 Å². The van der Waals surface area contributed by atoms with Crippen LogP contribution in [-0.2, 0) is 4.79 Å². The summed E-state index contributed by atoms with van der Waals surface area (Å²) >= 11 is 0. The maximum absolute atomic E-state index is 10.9. The maximum Gasteiger partial charge on any atom is 0.198 e. The molecule has 0 atom stereocenters. The third kappa shape index (κ3) is 3.31. The summed E-state index contributed by atoms with van der Waals surface area (Å²) in [4.78, 5) is 18.9.